The molecule has 2 aliphatic rings. The molecular weight excluding hydrogens is 380 g/mol. The summed E-state index contributed by atoms with van der Waals surface area (Å²) in [4.78, 5) is 11.0. The molecule has 2 aliphatic heterocycles. The molecule has 1 saturated heterocycles. The van der Waals surface area contributed by atoms with Gasteiger partial charge in [-0.1, -0.05) is 24.3 Å². The van der Waals surface area contributed by atoms with E-state index < -0.39 is 42.8 Å². The van der Waals surface area contributed by atoms with E-state index in [-0.39, 0.29) is 12.2 Å². The summed E-state index contributed by atoms with van der Waals surface area (Å²) >= 11 is 0. The molecule has 5 N–H and O–H groups in total. The summed E-state index contributed by atoms with van der Waals surface area (Å²) in [7, 11) is 0. The minimum Gasteiger partial charge on any atom is -0.478 e. The molecule has 0 aromatic heterocycles. The highest BCUT2D eigenvalue weighted by Gasteiger charge is 2.58. The van der Waals surface area contributed by atoms with Crippen molar-refractivity contribution in [2.75, 3.05) is 6.61 Å². The van der Waals surface area contributed by atoms with Crippen LogP contribution >= 0.6 is 0 Å². The number of rotatable bonds is 4. The van der Waals surface area contributed by atoms with E-state index in [0.717, 1.165) is 16.7 Å². The van der Waals surface area contributed by atoms with Crippen molar-refractivity contribution in [1.82, 2.24) is 0 Å². The molecule has 5 atom stereocenters. The Hall–Kier alpha value is -2.33. The predicted molar refractivity (Wildman–Crippen MR) is 99.1 cm³/mol. The van der Waals surface area contributed by atoms with Gasteiger partial charge in [0.15, 0.2) is 0 Å². The van der Waals surface area contributed by atoms with Crippen LogP contribution in [0.2, 0.25) is 0 Å². The first-order valence-corrected chi connectivity index (χ1v) is 9.27. The van der Waals surface area contributed by atoms with Gasteiger partial charge in [-0.3, -0.25) is 0 Å². The van der Waals surface area contributed by atoms with Crippen molar-refractivity contribution in [2.24, 2.45) is 0 Å². The summed E-state index contributed by atoms with van der Waals surface area (Å²) in [6.07, 6.45) is -5.12. The summed E-state index contributed by atoms with van der Waals surface area (Å²) in [6, 6.07) is 12.1. The van der Waals surface area contributed by atoms with Crippen LogP contribution in [0.25, 0.3) is 0 Å². The van der Waals surface area contributed by atoms with E-state index in [2.05, 4.69) is 0 Å². The van der Waals surface area contributed by atoms with Crippen LogP contribution in [0.5, 0.6) is 0 Å². The van der Waals surface area contributed by atoms with Crippen LogP contribution in [0.3, 0.4) is 0 Å². The molecule has 0 unspecified atom stereocenters. The smallest absolute Gasteiger partial charge is 0.335 e. The average Bonchev–Trinajstić information content (AvgIpc) is 3.08. The number of ether oxygens (including phenoxy) is 2. The van der Waals surface area contributed by atoms with Gasteiger partial charge in [0.05, 0.1) is 18.8 Å². The van der Waals surface area contributed by atoms with Crippen LogP contribution in [-0.2, 0) is 28.3 Å². The lowest BCUT2D eigenvalue weighted by atomic mass is 9.86. The van der Waals surface area contributed by atoms with Crippen molar-refractivity contribution in [3.63, 3.8) is 0 Å². The zero-order chi connectivity index (χ0) is 20.8. The third kappa shape index (κ3) is 3.33. The lowest BCUT2D eigenvalue weighted by Gasteiger charge is -2.46. The van der Waals surface area contributed by atoms with E-state index in [4.69, 9.17) is 14.6 Å². The minimum atomic E-state index is -1.68. The molecule has 1 fully saturated rings. The van der Waals surface area contributed by atoms with E-state index >= 15 is 0 Å². The highest BCUT2D eigenvalue weighted by atomic mass is 16.7. The Morgan fingerprint density at radius 3 is 2.38 bits per heavy atom. The number of aliphatic hydroxyl groups is 4. The second-order valence-corrected chi connectivity index (χ2v) is 7.39. The lowest BCUT2D eigenvalue weighted by molar-refractivity contribution is -0.368. The topological polar surface area (TPSA) is 137 Å². The van der Waals surface area contributed by atoms with Crippen molar-refractivity contribution in [3.05, 3.63) is 70.3 Å². The number of aliphatic hydroxyl groups excluding tert-OH is 4. The van der Waals surface area contributed by atoms with Gasteiger partial charge >= 0.3 is 5.97 Å². The molecule has 4 rings (SSSR count). The summed E-state index contributed by atoms with van der Waals surface area (Å²) in [5.74, 6) is -2.67. The van der Waals surface area contributed by atoms with E-state index in [9.17, 15) is 25.2 Å². The molecule has 0 saturated carbocycles. The van der Waals surface area contributed by atoms with Gasteiger partial charge in [-0.2, -0.15) is 0 Å². The van der Waals surface area contributed by atoms with E-state index in [1.807, 2.05) is 12.1 Å². The molecule has 0 bridgehead atoms. The zero-order valence-corrected chi connectivity index (χ0v) is 15.4. The first kappa shape index (κ1) is 20.0. The first-order valence-electron chi connectivity index (χ1n) is 9.27. The number of carboxylic acid groups (broad SMARTS) is 1. The van der Waals surface area contributed by atoms with E-state index in [0.29, 0.717) is 12.0 Å². The fraction of sp³-hybridized carbons (Fsp3) is 0.381. The lowest BCUT2D eigenvalue weighted by Crippen LogP contribution is -2.63. The Morgan fingerprint density at radius 2 is 1.72 bits per heavy atom. The molecule has 2 heterocycles. The standard InChI is InChI=1S/C21H22O8/c22-9-16-17(23)18(24)19(25)21(29-16)15-8-12(3-6-14(15)10-28-21)7-11-1-4-13(5-2-11)20(26)27/h1-6,8,16-19,22-25H,7,9-10H2,(H,26,27)/t16-,17-,18+,19-,21+/m1/s1. The zero-order valence-electron chi connectivity index (χ0n) is 15.4. The third-order valence-corrected chi connectivity index (χ3v) is 5.55. The molecule has 8 nitrogen and oxygen atoms in total. The van der Waals surface area contributed by atoms with Crippen molar-refractivity contribution in [2.45, 2.75) is 43.2 Å². The fourth-order valence-corrected chi connectivity index (χ4v) is 3.93. The molecule has 29 heavy (non-hydrogen) atoms. The van der Waals surface area contributed by atoms with Crippen LogP contribution in [0.4, 0.5) is 0 Å². The summed E-state index contributed by atoms with van der Waals surface area (Å²) < 4.78 is 11.5. The summed E-state index contributed by atoms with van der Waals surface area (Å²) in [5.41, 5.74) is 3.28. The molecular formula is C21H22O8. The fourth-order valence-electron chi connectivity index (χ4n) is 3.93. The largest absolute Gasteiger partial charge is 0.478 e. The van der Waals surface area contributed by atoms with Gasteiger partial charge in [-0.15, -0.1) is 0 Å². The number of benzene rings is 2. The Morgan fingerprint density at radius 1 is 1.03 bits per heavy atom. The minimum absolute atomic E-state index is 0.154. The van der Waals surface area contributed by atoms with Crippen LogP contribution in [0.15, 0.2) is 42.5 Å². The summed E-state index contributed by atoms with van der Waals surface area (Å²) in [5, 5.41) is 49.4. The number of aromatic carboxylic acids is 1. The summed E-state index contributed by atoms with van der Waals surface area (Å²) in [6.45, 7) is -0.387. The molecule has 8 heteroatoms. The number of carbonyl (C=O) groups is 1. The maximum atomic E-state index is 11.0. The molecule has 2 aromatic carbocycles. The molecule has 0 aliphatic carbocycles. The van der Waals surface area contributed by atoms with Crippen LogP contribution in [0.1, 0.15) is 32.6 Å². The molecule has 0 amide bonds. The highest BCUT2D eigenvalue weighted by Crippen LogP contribution is 2.46. The van der Waals surface area contributed by atoms with E-state index in [1.54, 1.807) is 18.2 Å². The Labute approximate surface area is 166 Å². The first-order chi connectivity index (χ1) is 13.9. The number of fused-ring (bicyclic) bond motifs is 2. The third-order valence-electron chi connectivity index (χ3n) is 5.55. The molecule has 1 spiro atoms. The molecule has 2 aromatic rings. The number of carboxylic acids is 1. The number of hydrogen-bond donors (Lipinski definition) is 5. The maximum absolute atomic E-state index is 11.0. The SMILES string of the molecule is O=C(O)c1ccc(Cc2ccc3c(c2)[C@]2(OC3)O[C@H](CO)[C@@H](O)[C@H](O)[C@H]2O)cc1. The number of hydrogen-bond acceptors (Lipinski definition) is 7. The van der Waals surface area contributed by atoms with Crippen molar-refractivity contribution in [1.29, 1.82) is 0 Å². The van der Waals surface area contributed by atoms with Gasteiger partial charge in [-0.05, 0) is 41.3 Å². The van der Waals surface area contributed by atoms with Gasteiger partial charge in [0, 0.05) is 5.56 Å². The van der Waals surface area contributed by atoms with Gasteiger partial charge < -0.3 is 35.0 Å². The van der Waals surface area contributed by atoms with Crippen molar-refractivity contribution >= 4 is 5.97 Å². The van der Waals surface area contributed by atoms with Crippen LogP contribution in [-0.4, -0.2) is 62.5 Å². The van der Waals surface area contributed by atoms with Gasteiger partial charge in [-0.25, -0.2) is 4.79 Å². The quantitative estimate of drug-likeness (QED) is 0.487. The predicted octanol–water partition coefficient (Wildman–Crippen LogP) is 0.132. The monoisotopic (exact) mass is 402 g/mol. The molecule has 154 valence electrons. The van der Waals surface area contributed by atoms with Gasteiger partial charge in [0.1, 0.15) is 24.4 Å². The van der Waals surface area contributed by atoms with E-state index in [1.165, 1.54) is 12.1 Å². The molecule has 0 radical (unpaired) electrons. The van der Waals surface area contributed by atoms with Crippen molar-refractivity contribution in [3.8, 4) is 0 Å². The Balaban J connectivity index is 1.65. The Bertz CT molecular complexity index is 909. The van der Waals surface area contributed by atoms with Crippen LogP contribution < -0.4 is 0 Å². The highest BCUT2D eigenvalue weighted by molar-refractivity contribution is 5.87. The second kappa shape index (κ2) is 7.49. The van der Waals surface area contributed by atoms with Gasteiger partial charge in [0.2, 0.25) is 5.79 Å². The normalized spacial score (nSPS) is 31.0. The Kier molecular flexibility index (Phi) is 5.16. The maximum Gasteiger partial charge on any atom is 0.335 e. The van der Waals surface area contributed by atoms with Crippen molar-refractivity contribution < 1.29 is 39.8 Å². The van der Waals surface area contributed by atoms with Crippen LogP contribution in [0, 0.1) is 0 Å². The average molecular weight is 402 g/mol. The second-order valence-electron chi connectivity index (χ2n) is 7.39. The van der Waals surface area contributed by atoms with Gasteiger partial charge in [0.25, 0.3) is 0 Å².